The van der Waals surface area contributed by atoms with Gasteiger partial charge in [0.05, 0.1) is 0 Å². The van der Waals surface area contributed by atoms with E-state index < -0.39 is 0 Å². The second kappa shape index (κ2) is 5.41. The Balaban J connectivity index is 1.60. The van der Waals surface area contributed by atoms with Crippen LogP contribution in [0.15, 0.2) is 24.3 Å². The van der Waals surface area contributed by atoms with Gasteiger partial charge in [0.2, 0.25) is 0 Å². The molecule has 4 heteroatoms. The van der Waals surface area contributed by atoms with Crippen molar-refractivity contribution < 1.29 is 4.79 Å². The van der Waals surface area contributed by atoms with Crippen LogP contribution in [0.4, 0.5) is 10.5 Å². The number of benzene rings is 1. The number of nitrogens with one attached hydrogen (secondary N) is 1. The number of nitrogens with zero attached hydrogens (tertiary/aromatic N) is 1. The molecule has 1 heterocycles. The van der Waals surface area contributed by atoms with Crippen LogP contribution < -0.4 is 5.32 Å². The fourth-order valence-electron chi connectivity index (χ4n) is 3.31. The van der Waals surface area contributed by atoms with Crippen molar-refractivity contribution in [1.29, 1.82) is 0 Å². The first-order valence-electron chi connectivity index (χ1n) is 7.04. The molecule has 2 amide bonds. The molecule has 1 N–H and O–H groups in total. The van der Waals surface area contributed by atoms with Crippen LogP contribution in [0, 0.1) is 11.8 Å². The van der Waals surface area contributed by atoms with Gasteiger partial charge in [0.25, 0.3) is 0 Å². The lowest BCUT2D eigenvalue weighted by Gasteiger charge is -2.22. The predicted molar refractivity (Wildman–Crippen MR) is 77.5 cm³/mol. The van der Waals surface area contributed by atoms with Crippen molar-refractivity contribution in [2.45, 2.75) is 25.7 Å². The molecule has 1 saturated carbocycles. The Morgan fingerprint density at radius 3 is 2.26 bits per heavy atom. The van der Waals surface area contributed by atoms with Crippen LogP contribution in [0.5, 0.6) is 0 Å². The van der Waals surface area contributed by atoms with E-state index in [0.717, 1.165) is 30.6 Å². The van der Waals surface area contributed by atoms with Gasteiger partial charge in [-0.15, -0.1) is 0 Å². The number of anilines is 1. The molecule has 1 aromatic rings. The number of amides is 2. The van der Waals surface area contributed by atoms with Crippen LogP contribution >= 0.6 is 11.6 Å². The van der Waals surface area contributed by atoms with Gasteiger partial charge in [-0.3, -0.25) is 0 Å². The summed E-state index contributed by atoms with van der Waals surface area (Å²) in [5.41, 5.74) is 0.810. The quantitative estimate of drug-likeness (QED) is 0.827. The molecule has 19 heavy (non-hydrogen) atoms. The highest BCUT2D eigenvalue weighted by Crippen LogP contribution is 2.36. The molecule has 0 bridgehead atoms. The average molecular weight is 279 g/mol. The second-order valence-electron chi connectivity index (χ2n) is 5.65. The Hall–Kier alpha value is -1.22. The van der Waals surface area contributed by atoms with Crippen molar-refractivity contribution in [1.82, 2.24) is 4.90 Å². The zero-order valence-electron chi connectivity index (χ0n) is 10.9. The van der Waals surface area contributed by atoms with E-state index in [0.29, 0.717) is 5.02 Å². The number of hydrogen-bond donors (Lipinski definition) is 1. The zero-order chi connectivity index (χ0) is 13.2. The van der Waals surface area contributed by atoms with Crippen molar-refractivity contribution >= 4 is 23.3 Å². The van der Waals surface area contributed by atoms with E-state index in [-0.39, 0.29) is 6.03 Å². The molecule has 2 fully saturated rings. The summed E-state index contributed by atoms with van der Waals surface area (Å²) in [5.74, 6) is 1.45. The molecule has 0 aromatic heterocycles. The number of urea groups is 1. The fourth-order valence-corrected chi connectivity index (χ4v) is 3.43. The lowest BCUT2D eigenvalue weighted by molar-refractivity contribution is 0.220. The van der Waals surface area contributed by atoms with Gasteiger partial charge in [-0.2, -0.15) is 0 Å². The van der Waals surface area contributed by atoms with Gasteiger partial charge < -0.3 is 10.2 Å². The summed E-state index contributed by atoms with van der Waals surface area (Å²) in [7, 11) is 0. The van der Waals surface area contributed by atoms with Crippen LogP contribution in [-0.2, 0) is 0 Å². The molecule has 1 aliphatic heterocycles. The van der Waals surface area contributed by atoms with E-state index in [1.165, 1.54) is 25.7 Å². The van der Waals surface area contributed by atoms with Gasteiger partial charge in [-0.1, -0.05) is 24.4 Å². The summed E-state index contributed by atoms with van der Waals surface area (Å²) < 4.78 is 0. The van der Waals surface area contributed by atoms with Crippen LogP contribution in [-0.4, -0.2) is 24.0 Å². The predicted octanol–water partition coefficient (Wildman–Crippen LogP) is 3.99. The Morgan fingerprint density at radius 1 is 1.11 bits per heavy atom. The van der Waals surface area contributed by atoms with Crippen molar-refractivity contribution in [2.75, 3.05) is 18.4 Å². The molecule has 1 aromatic carbocycles. The first-order valence-corrected chi connectivity index (χ1v) is 7.41. The zero-order valence-corrected chi connectivity index (χ0v) is 11.7. The highest BCUT2D eigenvalue weighted by molar-refractivity contribution is 6.30. The smallest absolute Gasteiger partial charge is 0.321 e. The third-order valence-electron chi connectivity index (χ3n) is 4.36. The first-order chi connectivity index (χ1) is 9.22. The molecule has 1 aliphatic carbocycles. The van der Waals surface area contributed by atoms with E-state index in [4.69, 9.17) is 11.6 Å². The maximum atomic E-state index is 12.2. The van der Waals surface area contributed by atoms with Crippen LogP contribution in [0.25, 0.3) is 0 Å². The largest absolute Gasteiger partial charge is 0.324 e. The Morgan fingerprint density at radius 2 is 1.68 bits per heavy atom. The number of carbonyl (C=O) groups excluding carboxylic acids is 1. The van der Waals surface area contributed by atoms with E-state index in [1.807, 2.05) is 17.0 Å². The molecule has 2 atom stereocenters. The standard InChI is InChI=1S/C15H19ClN2O/c16-13-5-7-14(8-6-13)17-15(19)18-9-11-3-1-2-4-12(11)10-18/h5-8,11-12H,1-4,9-10H2,(H,17,19). The molecular formula is C15H19ClN2O. The van der Waals surface area contributed by atoms with Crippen molar-refractivity contribution in [2.24, 2.45) is 11.8 Å². The van der Waals surface area contributed by atoms with Crippen molar-refractivity contribution in [3.05, 3.63) is 29.3 Å². The summed E-state index contributed by atoms with van der Waals surface area (Å²) in [4.78, 5) is 14.2. The fraction of sp³-hybridized carbons (Fsp3) is 0.533. The number of fused-ring (bicyclic) bond motifs is 1. The molecule has 0 radical (unpaired) electrons. The molecule has 1 saturated heterocycles. The number of likely N-dealkylation sites (tertiary alicyclic amines) is 1. The molecule has 3 rings (SSSR count). The van der Waals surface area contributed by atoms with Gasteiger partial charge in [0.15, 0.2) is 0 Å². The Kier molecular flexibility index (Phi) is 3.65. The molecule has 0 spiro atoms. The lowest BCUT2D eigenvalue weighted by Crippen LogP contribution is -2.33. The maximum absolute atomic E-state index is 12.2. The topological polar surface area (TPSA) is 32.3 Å². The highest BCUT2D eigenvalue weighted by Gasteiger charge is 2.36. The van der Waals surface area contributed by atoms with Gasteiger partial charge >= 0.3 is 6.03 Å². The number of rotatable bonds is 1. The minimum atomic E-state index is 0.0247. The van der Waals surface area contributed by atoms with Crippen LogP contribution in [0.3, 0.4) is 0 Å². The Labute approximate surface area is 118 Å². The van der Waals surface area contributed by atoms with Gasteiger partial charge in [0.1, 0.15) is 0 Å². The molecule has 2 unspecified atom stereocenters. The first kappa shape index (κ1) is 12.8. The second-order valence-corrected chi connectivity index (χ2v) is 6.08. The van der Waals surface area contributed by atoms with Gasteiger partial charge in [0, 0.05) is 23.8 Å². The number of halogens is 1. The molecular weight excluding hydrogens is 260 g/mol. The third kappa shape index (κ3) is 2.86. The minimum absolute atomic E-state index is 0.0247. The molecule has 102 valence electrons. The van der Waals surface area contributed by atoms with Crippen LogP contribution in [0.1, 0.15) is 25.7 Å². The lowest BCUT2D eigenvalue weighted by atomic mass is 9.82. The van der Waals surface area contributed by atoms with E-state index in [9.17, 15) is 4.79 Å². The third-order valence-corrected chi connectivity index (χ3v) is 4.61. The van der Waals surface area contributed by atoms with Crippen molar-refractivity contribution in [3.8, 4) is 0 Å². The van der Waals surface area contributed by atoms with E-state index in [2.05, 4.69) is 5.32 Å². The van der Waals surface area contributed by atoms with E-state index in [1.54, 1.807) is 12.1 Å². The van der Waals surface area contributed by atoms with Gasteiger partial charge in [-0.05, 0) is 48.9 Å². The normalized spacial score (nSPS) is 26.1. The minimum Gasteiger partial charge on any atom is -0.324 e. The Bertz CT molecular complexity index is 446. The summed E-state index contributed by atoms with van der Waals surface area (Å²) in [5, 5.41) is 3.63. The van der Waals surface area contributed by atoms with E-state index >= 15 is 0 Å². The summed E-state index contributed by atoms with van der Waals surface area (Å²) in [6.07, 6.45) is 5.23. The molecule has 3 nitrogen and oxygen atoms in total. The maximum Gasteiger partial charge on any atom is 0.321 e. The van der Waals surface area contributed by atoms with Gasteiger partial charge in [-0.25, -0.2) is 4.79 Å². The highest BCUT2D eigenvalue weighted by atomic mass is 35.5. The number of carbonyl (C=O) groups is 1. The summed E-state index contributed by atoms with van der Waals surface area (Å²) in [6, 6.07) is 7.28. The SMILES string of the molecule is O=C(Nc1ccc(Cl)cc1)N1CC2CCCCC2C1. The average Bonchev–Trinajstić information content (AvgIpc) is 2.85. The monoisotopic (exact) mass is 278 g/mol. The summed E-state index contributed by atoms with van der Waals surface area (Å²) >= 11 is 5.83. The number of hydrogen-bond acceptors (Lipinski definition) is 1. The summed E-state index contributed by atoms with van der Waals surface area (Å²) in [6.45, 7) is 1.84. The molecule has 2 aliphatic rings. The van der Waals surface area contributed by atoms with Crippen molar-refractivity contribution in [3.63, 3.8) is 0 Å². The van der Waals surface area contributed by atoms with Crippen LogP contribution in [0.2, 0.25) is 5.02 Å².